The van der Waals surface area contributed by atoms with Crippen molar-refractivity contribution in [1.29, 1.82) is 0 Å². The van der Waals surface area contributed by atoms with E-state index in [-0.39, 0.29) is 24.3 Å². The topological polar surface area (TPSA) is 109 Å². The number of piperidine rings is 1. The Balaban J connectivity index is 1.43. The van der Waals surface area contributed by atoms with Gasteiger partial charge in [0.25, 0.3) is 0 Å². The van der Waals surface area contributed by atoms with Crippen LogP contribution < -0.4 is 10.2 Å². The molecule has 0 spiro atoms. The molecule has 136 valence electrons. The Kier molecular flexibility index (Phi) is 4.46. The minimum atomic E-state index is -0.119. The van der Waals surface area contributed by atoms with Crippen molar-refractivity contribution in [2.24, 2.45) is 5.92 Å². The quantitative estimate of drug-likeness (QED) is 0.769. The summed E-state index contributed by atoms with van der Waals surface area (Å²) in [5.74, 6) is 1.17. The van der Waals surface area contributed by atoms with Crippen molar-refractivity contribution in [2.75, 3.05) is 37.6 Å². The van der Waals surface area contributed by atoms with E-state index in [1.54, 1.807) is 15.9 Å². The Labute approximate surface area is 150 Å². The summed E-state index contributed by atoms with van der Waals surface area (Å²) in [4.78, 5) is 31.9. The van der Waals surface area contributed by atoms with Crippen molar-refractivity contribution in [3.63, 3.8) is 0 Å². The summed E-state index contributed by atoms with van der Waals surface area (Å²) in [6, 6.07) is 3.71. The average molecular weight is 356 g/mol. The van der Waals surface area contributed by atoms with Gasteiger partial charge in [-0.1, -0.05) is 0 Å². The number of nitrogens with zero attached hydrogens (tertiary/aromatic N) is 7. The number of anilines is 1. The Hall–Kier alpha value is -3.04. The molecule has 2 fully saturated rings. The molecule has 0 bridgehead atoms. The van der Waals surface area contributed by atoms with Gasteiger partial charge in [0, 0.05) is 26.2 Å². The molecule has 0 radical (unpaired) electrons. The zero-order valence-electron chi connectivity index (χ0n) is 14.3. The summed E-state index contributed by atoms with van der Waals surface area (Å²) in [7, 11) is 0. The van der Waals surface area contributed by atoms with E-state index in [1.807, 2.05) is 12.1 Å². The second-order valence-corrected chi connectivity index (χ2v) is 6.48. The van der Waals surface area contributed by atoms with Gasteiger partial charge in [-0.25, -0.2) is 9.67 Å². The highest BCUT2D eigenvalue weighted by molar-refractivity contribution is 5.87. The summed E-state index contributed by atoms with van der Waals surface area (Å²) >= 11 is 0. The maximum Gasteiger partial charge on any atom is 0.239 e. The van der Waals surface area contributed by atoms with Crippen LogP contribution in [0.25, 0.3) is 5.82 Å². The molecule has 2 saturated heterocycles. The number of piperazine rings is 1. The summed E-state index contributed by atoms with van der Waals surface area (Å²) in [6.07, 6.45) is 4.74. The van der Waals surface area contributed by atoms with Crippen LogP contribution in [0.5, 0.6) is 0 Å². The van der Waals surface area contributed by atoms with Crippen LogP contribution in [0.15, 0.2) is 24.8 Å². The number of aromatic nitrogens is 5. The maximum atomic E-state index is 12.7. The summed E-state index contributed by atoms with van der Waals surface area (Å²) < 4.78 is 1.54. The second kappa shape index (κ2) is 7.06. The largest absolute Gasteiger partial charge is 0.354 e. The third kappa shape index (κ3) is 3.35. The lowest BCUT2D eigenvalue weighted by molar-refractivity contribution is -0.141. The van der Waals surface area contributed by atoms with Gasteiger partial charge in [-0.2, -0.15) is 5.10 Å². The fourth-order valence-electron chi connectivity index (χ4n) is 3.41. The van der Waals surface area contributed by atoms with E-state index in [2.05, 4.69) is 30.5 Å². The van der Waals surface area contributed by atoms with Gasteiger partial charge in [-0.05, 0) is 25.0 Å². The Morgan fingerprint density at radius 3 is 2.77 bits per heavy atom. The lowest BCUT2D eigenvalue weighted by atomic mass is 9.96. The third-order valence-electron chi connectivity index (χ3n) is 4.73. The Morgan fingerprint density at radius 1 is 1.19 bits per heavy atom. The van der Waals surface area contributed by atoms with Gasteiger partial charge >= 0.3 is 0 Å². The maximum absolute atomic E-state index is 12.7. The lowest BCUT2D eigenvalue weighted by Gasteiger charge is -2.36. The number of carbonyl (C=O) groups excluding carboxylic acids is 2. The van der Waals surface area contributed by atoms with E-state index in [4.69, 9.17) is 0 Å². The van der Waals surface area contributed by atoms with Crippen LogP contribution in [0.1, 0.15) is 12.8 Å². The van der Waals surface area contributed by atoms with E-state index < -0.39 is 0 Å². The molecule has 0 aliphatic carbocycles. The van der Waals surface area contributed by atoms with Crippen LogP contribution in [0.2, 0.25) is 0 Å². The minimum absolute atomic E-state index is 0.0525. The van der Waals surface area contributed by atoms with Crippen molar-refractivity contribution in [2.45, 2.75) is 12.8 Å². The molecule has 2 amide bonds. The predicted octanol–water partition coefficient (Wildman–Crippen LogP) is -0.768. The standard InChI is InChI=1S/C16H20N8O2/c25-15-9-23(7-5-18-15)16(26)12-2-1-6-22(8-12)13-3-4-14(21-20-13)24-11-17-10-19-24/h3-4,10-12H,1-2,5-9H2,(H,18,25). The van der Waals surface area contributed by atoms with Gasteiger partial charge in [0.05, 0.1) is 12.5 Å². The first kappa shape index (κ1) is 16.4. The molecule has 1 unspecified atom stereocenters. The van der Waals surface area contributed by atoms with Crippen LogP contribution >= 0.6 is 0 Å². The highest BCUT2D eigenvalue weighted by Crippen LogP contribution is 2.23. The first-order chi connectivity index (χ1) is 12.7. The van der Waals surface area contributed by atoms with Crippen molar-refractivity contribution in [1.82, 2.24) is 35.2 Å². The Bertz CT molecular complexity index is 776. The predicted molar refractivity (Wildman–Crippen MR) is 91.5 cm³/mol. The van der Waals surface area contributed by atoms with Crippen LogP contribution in [0.3, 0.4) is 0 Å². The molecule has 10 nitrogen and oxygen atoms in total. The average Bonchev–Trinajstić information content (AvgIpc) is 3.22. The Morgan fingerprint density at radius 2 is 2.04 bits per heavy atom. The minimum Gasteiger partial charge on any atom is -0.354 e. The molecular formula is C16H20N8O2. The molecule has 0 saturated carbocycles. The molecular weight excluding hydrogens is 336 g/mol. The fraction of sp³-hybridized carbons (Fsp3) is 0.500. The molecule has 10 heteroatoms. The molecule has 26 heavy (non-hydrogen) atoms. The molecule has 1 atom stereocenters. The van der Waals surface area contributed by atoms with E-state index in [0.717, 1.165) is 25.2 Å². The van der Waals surface area contributed by atoms with Crippen molar-refractivity contribution in [3.8, 4) is 5.82 Å². The van der Waals surface area contributed by atoms with Gasteiger partial charge < -0.3 is 15.1 Å². The summed E-state index contributed by atoms with van der Waals surface area (Å²) in [5.41, 5.74) is 0. The van der Waals surface area contributed by atoms with Gasteiger partial charge in [0.1, 0.15) is 12.7 Å². The third-order valence-corrected chi connectivity index (χ3v) is 4.73. The SMILES string of the molecule is O=C1CN(C(=O)C2CCCN(c3ccc(-n4cncn4)nn3)C2)CCN1. The van der Waals surface area contributed by atoms with E-state index in [1.165, 1.54) is 6.33 Å². The molecule has 4 heterocycles. The number of rotatable bonds is 3. The molecule has 1 N–H and O–H groups in total. The highest BCUT2D eigenvalue weighted by atomic mass is 16.2. The molecule has 2 aromatic rings. The van der Waals surface area contributed by atoms with Crippen LogP contribution in [-0.2, 0) is 9.59 Å². The fourth-order valence-corrected chi connectivity index (χ4v) is 3.41. The van der Waals surface area contributed by atoms with Gasteiger partial charge in [-0.15, -0.1) is 10.2 Å². The van der Waals surface area contributed by atoms with E-state index in [9.17, 15) is 9.59 Å². The molecule has 4 rings (SSSR count). The molecule has 0 aromatic carbocycles. The number of hydrogen-bond acceptors (Lipinski definition) is 7. The van der Waals surface area contributed by atoms with Gasteiger partial charge in [-0.3, -0.25) is 9.59 Å². The number of nitrogens with one attached hydrogen (secondary N) is 1. The first-order valence-corrected chi connectivity index (χ1v) is 8.70. The normalized spacial score (nSPS) is 20.8. The second-order valence-electron chi connectivity index (χ2n) is 6.48. The molecule has 2 aliphatic rings. The van der Waals surface area contributed by atoms with Crippen LogP contribution in [0.4, 0.5) is 5.82 Å². The number of hydrogen-bond donors (Lipinski definition) is 1. The van der Waals surface area contributed by atoms with E-state index in [0.29, 0.717) is 25.5 Å². The number of amides is 2. The zero-order valence-corrected chi connectivity index (χ0v) is 14.3. The molecule has 2 aromatic heterocycles. The smallest absolute Gasteiger partial charge is 0.239 e. The zero-order chi connectivity index (χ0) is 17.9. The van der Waals surface area contributed by atoms with Crippen molar-refractivity contribution < 1.29 is 9.59 Å². The summed E-state index contributed by atoms with van der Waals surface area (Å²) in [6.45, 7) is 2.68. The highest BCUT2D eigenvalue weighted by Gasteiger charge is 2.31. The first-order valence-electron chi connectivity index (χ1n) is 8.70. The number of carbonyl (C=O) groups is 2. The molecule has 2 aliphatic heterocycles. The van der Waals surface area contributed by atoms with Crippen LogP contribution in [-0.4, -0.2) is 74.4 Å². The summed E-state index contributed by atoms with van der Waals surface area (Å²) in [5, 5.41) is 15.2. The van der Waals surface area contributed by atoms with Gasteiger partial charge in [0.15, 0.2) is 11.6 Å². The monoisotopic (exact) mass is 356 g/mol. The van der Waals surface area contributed by atoms with E-state index >= 15 is 0 Å². The lowest BCUT2D eigenvalue weighted by Crippen LogP contribution is -2.53. The van der Waals surface area contributed by atoms with Crippen LogP contribution in [0, 0.1) is 5.92 Å². The van der Waals surface area contributed by atoms with Crippen molar-refractivity contribution in [3.05, 3.63) is 24.8 Å². The van der Waals surface area contributed by atoms with Gasteiger partial charge in [0.2, 0.25) is 11.8 Å². The van der Waals surface area contributed by atoms with Crippen molar-refractivity contribution >= 4 is 17.6 Å².